The van der Waals surface area contributed by atoms with Gasteiger partial charge in [0.2, 0.25) is 5.78 Å². The van der Waals surface area contributed by atoms with E-state index in [1.165, 1.54) is 6.07 Å². The van der Waals surface area contributed by atoms with E-state index in [1.54, 1.807) is 66.7 Å². The summed E-state index contributed by atoms with van der Waals surface area (Å²) >= 11 is 3.57. The third kappa shape index (κ3) is 6.11. The van der Waals surface area contributed by atoms with Crippen molar-refractivity contribution in [2.75, 3.05) is 5.32 Å². The number of Topliss-reactive ketones (excluding diaryl/α,β-unsaturated/α-hetero) is 1. The largest absolute Gasteiger partial charge is 0.449 e. The number of ketones is 1. The second-order valence-electron chi connectivity index (χ2n) is 7.77. The van der Waals surface area contributed by atoms with E-state index in [4.69, 9.17) is 4.74 Å². The van der Waals surface area contributed by atoms with Gasteiger partial charge in [-0.3, -0.25) is 9.59 Å². The Morgan fingerprint density at radius 1 is 0.657 bits per heavy atom. The summed E-state index contributed by atoms with van der Waals surface area (Å²) in [4.78, 5) is 38.4. The molecule has 0 aliphatic carbocycles. The molecule has 0 aliphatic rings. The SMILES string of the molecule is O=C(Nc1cccc(C(=O)O[C@H](C(=O)c2ccccc2)[C@@H](Br)c2ccccc2)c1)c1ccccc1. The van der Waals surface area contributed by atoms with Crippen LogP contribution < -0.4 is 5.32 Å². The minimum Gasteiger partial charge on any atom is -0.449 e. The first-order chi connectivity index (χ1) is 17.0. The van der Waals surface area contributed by atoms with E-state index in [-0.39, 0.29) is 17.3 Å². The second kappa shape index (κ2) is 11.4. The Morgan fingerprint density at radius 2 is 1.20 bits per heavy atom. The van der Waals surface area contributed by atoms with Gasteiger partial charge >= 0.3 is 5.97 Å². The highest BCUT2D eigenvalue weighted by Crippen LogP contribution is 2.31. The molecule has 4 rings (SSSR count). The topological polar surface area (TPSA) is 72.5 Å². The van der Waals surface area contributed by atoms with Gasteiger partial charge < -0.3 is 10.1 Å². The van der Waals surface area contributed by atoms with E-state index in [0.29, 0.717) is 16.8 Å². The number of amides is 1. The van der Waals surface area contributed by atoms with Crippen LogP contribution in [0.4, 0.5) is 5.69 Å². The number of alkyl halides is 1. The van der Waals surface area contributed by atoms with E-state index >= 15 is 0 Å². The van der Waals surface area contributed by atoms with Crippen molar-refractivity contribution in [3.8, 4) is 0 Å². The third-order valence-electron chi connectivity index (χ3n) is 5.33. The molecule has 2 atom stereocenters. The molecule has 0 heterocycles. The highest BCUT2D eigenvalue weighted by atomic mass is 79.9. The maximum Gasteiger partial charge on any atom is 0.338 e. The number of ether oxygens (including phenoxy) is 1. The zero-order valence-electron chi connectivity index (χ0n) is 18.6. The third-order valence-corrected chi connectivity index (χ3v) is 6.34. The number of benzene rings is 4. The van der Waals surface area contributed by atoms with Crippen LogP contribution in [-0.4, -0.2) is 23.8 Å². The average Bonchev–Trinajstić information content (AvgIpc) is 2.92. The Kier molecular flexibility index (Phi) is 7.85. The molecule has 0 bridgehead atoms. The molecule has 35 heavy (non-hydrogen) atoms. The van der Waals surface area contributed by atoms with Gasteiger partial charge in [-0.25, -0.2) is 4.79 Å². The van der Waals surface area contributed by atoms with Crippen molar-refractivity contribution in [3.63, 3.8) is 0 Å². The molecular formula is C29H22BrNO4. The number of hydrogen-bond donors (Lipinski definition) is 1. The molecule has 0 radical (unpaired) electrons. The van der Waals surface area contributed by atoms with E-state index in [9.17, 15) is 14.4 Å². The summed E-state index contributed by atoms with van der Waals surface area (Å²) in [6.07, 6.45) is -1.10. The summed E-state index contributed by atoms with van der Waals surface area (Å²) < 4.78 is 5.77. The monoisotopic (exact) mass is 527 g/mol. The predicted octanol–water partition coefficient (Wildman–Crippen LogP) is 6.48. The van der Waals surface area contributed by atoms with E-state index in [2.05, 4.69) is 21.2 Å². The number of anilines is 1. The molecule has 0 unspecified atom stereocenters. The number of halogens is 1. The fourth-order valence-corrected chi connectivity index (χ4v) is 4.18. The summed E-state index contributed by atoms with van der Waals surface area (Å²) in [5.41, 5.74) is 2.40. The Balaban J connectivity index is 1.56. The van der Waals surface area contributed by atoms with E-state index in [0.717, 1.165) is 5.56 Å². The number of hydrogen-bond acceptors (Lipinski definition) is 4. The summed E-state index contributed by atoms with van der Waals surface area (Å²) in [6.45, 7) is 0. The minimum atomic E-state index is -1.10. The average molecular weight is 528 g/mol. The van der Waals surface area contributed by atoms with Crippen LogP contribution in [0.15, 0.2) is 115 Å². The van der Waals surface area contributed by atoms with Crippen LogP contribution >= 0.6 is 15.9 Å². The van der Waals surface area contributed by atoms with Crippen LogP contribution in [0.1, 0.15) is 41.5 Å². The number of esters is 1. The Hall–Kier alpha value is -4.03. The molecule has 4 aromatic rings. The van der Waals surface area contributed by atoms with E-state index in [1.807, 2.05) is 42.5 Å². The van der Waals surface area contributed by atoms with Crippen molar-refractivity contribution in [1.29, 1.82) is 0 Å². The van der Waals surface area contributed by atoms with Gasteiger partial charge in [0.25, 0.3) is 5.91 Å². The van der Waals surface area contributed by atoms with E-state index < -0.39 is 16.9 Å². The molecule has 6 heteroatoms. The van der Waals surface area contributed by atoms with Gasteiger partial charge in [-0.2, -0.15) is 0 Å². The Morgan fingerprint density at radius 3 is 1.83 bits per heavy atom. The Bertz CT molecular complexity index is 1310. The van der Waals surface area contributed by atoms with Gasteiger partial charge in [0, 0.05) is 16.8 Å². The van der Waals surface area contributed by atoms with Gasteiger partial charge in [-0.05, 0) is 35.9 Å². The quantitative estimate of drug-likeness (QED) is 0.161. The number of carbonyl (C=O) groups excluding carboxylic acids is 3. The van der Waals surface area contributed by atoms with Gasteiger partial charge in [-0.15, -0.1) is 0 Å². The second-order valence-corrected chi connectivity index (χ2v) is 8.76. The first-order valence-corrected chi connectivity index (χ1v) is 11.9. The first-order valence-electron chi connectivity index (χ1n) is 11.0. The molecule has 1 N–H and O–H groups in total. The molecular weight excluding hydrogens is 506 g/mol. The van der Waals surface area contributed by atoms with Crippen LogP contribution in [0.5, 0.6) is 0 Å². The van der Waals surface area contributed by atoms with Gasteiger partial charge in [0.15, 0.2) is 6.10 Å². The molecule has 4 aromatic carbocycles. The lowest BCUT2D eigenvalue weighted by Crippen LogP contribution is -2.31. The van der Waals surface area contributed by atoms with Crippen molar-refractivity contribution in [2.45, 2.75) is 10.9 Å². The van der Waals surface area contributed by atoms with Crippen molar-refractivity contribution >= 4 is 39.3 Å². The standard InChI is InChI=1S/C29H22BrNO4/c30-25(20-11-4-1-5-12-20)27(26(32)21-13-6-2-7-14-21)35-29(34)23-17-10-18-24(19-23)31-28(33)22-15-8-3-9-16-22/h1-19,25,27H,(H,31,33)/t25-,27-/m0/s1. The first kappa shape index (κ1) is 24.1. The number of nitrogens with one attached hydrogen (secondary N) is 1. The molecule has 174 valence electrons. The van der Waals surface area contributed by atoms with Crippen molar-refractivity contribution in [1.82, 2.24) is 0 Å². The maximum atomic E-state index is 13.3. The van der Waals surface area contributed by atoms with Gasteiger partial charge in [0.1, 0.15) is 0 Å². The van der Waals surface area contributed by atoms with Crippen LogP contribution in [-0.2, 0) is 4.74 Å². The fourth-order valence-electron chi connectivity index (χ4n) is 3.52. The molecule has 0 fully saturated rings. The van der Waals surface area contributed by atoms with Crippen molar-refractivity contribution < 1.29 is 19.1 Å². The number of carbonyl (C=O) groups is 3. The maximum absolute atomic E-state index is 13.3. The summed E-state index contributed by atoms with van der Waals surface area (Å²) in [5.74, 6) is -1.29. The molecule has 0 saturated carbocycles. The molecule has 0 saturated heterocycles. The summed E-state index contributed by atoms with van der Waals surface area (Å²) in [5, 5.41) is 2.78. The van der Waals surface area contributed by atoms with Gasteiger partial charge in [-0.1, -0.05) is 101 Å². The summed E-state index contributed by atoms with van der Waals surface area (Å²) in [6, 6.07) is 33.2. The highest BCUT2D eigenvalue weighted by molar-refractivity contribution is 9.09. The molecule has 0 spiro atoms. The smallest absolute Gasteiger partial charge is 0.338 e. The van der Waals surface area contributed by atoms with Crippen molar-refractivity contribution in [2.24, 2.45) is 0 Å². The fraction of sp³-hybridized carbons (Fsp3) is 0.0690. The molecule has 1 amide bonds. The zero-order valence-corrected chi connectivity index (χ0v) is 20.2. The predicted molar refractivity (Wildman–Crippen MR) is 139 cm³/mol. The minimum absolute atomic E-state index is 0.217. The van der Waals surface area contributed by atoms with Crippen LogP contribution in [0.3, 0.4) is 0 Å². The van der Waals surface area contributed by atoms with Gasteiger partial charge in [0.05, 0.1) is 10.4 Å². The van der Waals surface area contributed by atoms with Crippen molar-refractivity contribution in [3.05, 3.63) is 138 Å². The lowest BCUT2D eigenvalue weighted by atomic mass is 9.99. The molecule has 0 aromatic heterocycles. The van der Waals surface area contributed by atoms with Crippen LogP contribution in [0, 0.1) is 0 Å². The lowest BCUT2D eigenvalue weighted by molar-refractivity contribution is 0.0282. The highest BCUT2D eigenvalue weighted by Gasteiger charge is 2.32. The lowest BCUT2D eigenvalue weighted by Gasteiger charge is -2.22. The molecule has 0 aliphatic heterocycles. The summed E-state index contributed by atoms with van der Waals surface area (Å²) in [7, 11) is 0. The van der Waals surface area contributed by atoms with Crippen LogP contribution in [0.25, 0.3) is 0 Å². The normalized spacial score (nSPS) is 12.3. The van der Waals surface area contributed by atoms with Crippen LogP contribution in [0.2, 0.25) is 0 Å². The molecule has 5 nitrogen and oxygen atoms in total. The number of rotatable bonds is 8. The Labute approximate surface area is 211 Å². The zero-order chi connectivity index (χ0) is 24.6.